The number of furan rings is 1. The zero-order valence-corrected chi connectivity index (χ0v) is 13.2. The molecule has 0 aliphatic carbocycles. The molecular formula is C13H10N6O2S2. The molecule has 0 saturated heterocycles. The fraction of sp³-hybridized carbons (Fsp3) is 0.0769. The van der Waals surface area contributed by atoms with Gasteiger partial charge in [-0.1, -0.05) is 11.8 Å². The van der Waals surface area contributed by atoms with Crippen molar-refractivity contribution in [1.82, 2.24) is 24.8 Å². The third-order valence-corrected chi connectivity index (χ3v) is 4.96. The van der Waals surface area contributed by atoms with Gasteiger partial charge in [0.1, 0.15) is 10.5 Å². The van der Waals surface area contributed by atoms with Crippen LogP contribution in [0.15, 0.2) is 44.2 Å². The van der Waals surface area contributed by atoms with Gasteiger partial charge in [0.05, 0.1) is 17.5 Å². The van der Waals surface area contributed by atoms with Crippen molar-refractivity contribution in [2.75, 3.05) is 5.84 Å². The SMILES string of the molecule is Nn1c(SCc2nc3ccsc3c(=O)[nH]2)nnc1-c1ccco1. The Hall–Kier alpha value is -2.59. The molecule has 0 saturated carbocycles. The van der Waals surface area contributed by atoms with Crippen LogP contribution in [0.1, 0.15) is 5.82 Å². The number of nitrogens with zero attached hydrogens (tertiary/aromatic N) is 4. The molecule has 0 aromatic carbocycles. The first-order valence-electron chi connectivity index (χ1n) is 6.56. The molecule has 0 atom stereocenters. The van der Waals surface area contributed by atoms with Gasteiger partial charge in [0.15, 0.2) is 5.76 Å². The average Bonchev–Trinajstić information content (AvgIpc) is 3.25. The number of nitrogens with one attached hydrogen (secondary N) is 1. The molecule has 3 N–H and O–H groups in total. The smallest absolute Gasteiger partial charge is 0.268 e. The predicted molar refractivity (Wildman–Crippen MR) is 87.7 cm³/mol. The summed E-state index contributed by atoms with van der Waals surface area (Å²) in [7, 11) is 0. The van der Waals surface area contributed by atoms with Gasteiger partial charge in [-0.25, -0.2) is 9.66 Å². The number of nitrogen functional groups attached to an aromatic ring is 1. The number of fused-ring (bicyclic) bond motifs is 1. The molecule has 0 bridgehead atoms. The van der Waals surface area contributed by atoms with E-state index < -0.39 is 0 Å². The molecule has 4 rings (SSSR count). The van der Waals surface area contributed by atoms with Crippen molar-refractivity contribution in [1.29, 1.82) is 0 Å². The Bertz CT molecular complexity index is 1020. The highest BCUT2D eigenvalue weighted by atomic mass is 32.2. The van der Waals surface area contributed by atoms with E-state index in [1.165, 1.54) is 27.8 Å². The molecule has 0 aliphatic heterocycles. The molecule has 0 unspecified atom stereocenters. The Morgan fingerprint density at radius 2 is 2.30 bits per heavy atom. The lowest BCUT2D eigenvalue weighted by Gasteiger charge is -2.02. The number of thioether (sulfide) groups is 1. The largest absolute Gasteiger partial charge is 0.461 e. The van der Waals surface area contributed by atoms with Crippen LogP contribution in [0.2, 0.25) is 0 Å². The highest BCUT2D eigenvalue weighted by Crippen LogP contribution is 2.24. The number of H-pyrrole nitrogens is 1. The minimum absolute atomic E-state index is 0.133. The van der Waals surface area contributed by atoms with Gasteiger partial charge in [-0.2, -0.15) is 0 Å². The van der Waals surface area contributed by atoms with Crippen LogP contribution in [0.3, 0.4) is 0 Å². The topological polar surface area (TPSA) is 116 Å². The van der Waals surface area contributed by atoms with Crippen molar-refractivity contribution >= 4 is 33.3 Å². The lowest BCUT2D eigenvalue weighted by molar-refractivity contribution is 0.574. The van der Waals surface area contributed by atoms with Crippen molar-refractivity contribution in [3.8, 4) is 11.6 Å². The summed E-state index contributed by atoms with van der Waals surface area (Å²) in [6, 6.07) is 5.33. The van der Waals surface area contributed by atoms with E-state index in [9.17, 15) is 4.79 Å². The average molecular weight is 346 g/mol. The van der Waals surface area contributed by atoms with E-state index in [1.807, 2.05) is 11.4 Å². The van der Waals surface area contributed by atoms with Crippen LogP contribution in [0.25, 0.3) is 21.8 Å². The van der Waals surface area contributed by atoms with Gasteiger partial charge in [-0.05, 0) is 23.6 Å². The van der Waals surface area contributed by atoms with Crippen molar-refractivity contribution in [3.63, 3.8) is 0 Å². The lowest BCUT2D eigenvalue weighted by atomic mass is 10.4. The third-order valence-electron chi connectivity index (χ3n) is 3.11. The molecule has 116 valence electrons. The van der Waals surface area contributed by atoms with E-state index >= 15 is 0 Å². The van der Waals surface area contributed by atoms with E-state index in [2.05, 4.69) is 20.2 Å². The highest BCUT2D eigenvalue weighted by Gasteiger charge is 2.15. The normalized spacial score (nSPS) is 11.3. The Balaban J connectivity index is 1.58. The Kier molecular flexibility index (Phi) is 3.39. The minimum Gasteiger partial charge on any atom is -0.461 e. The highest BCUT2D eigenvalue weighted by molar-refractivity contribution is 7.98. The zero-order chi connectivity index (χ0) is 15.8. The number of hydrogen-bond acceptors (Lipinski definition) is 8. The minimum atomic E-state index is -0.133. The van der Waals surface area contributed by atoms with Crippen LogP contribution < -0.4 is 11.4 Å². The fourth-order valence-electron chi connectivity index (χ4n) is 2.07. The first kappa shape index (κ1) is 14.0. The van der Waals surface area contributed by atoms with Crippen molar-refractivity contribution in [2.45, 2.75) is 10.9 Å². The standard InChI is InChI=1S/C13H10N6O2S2/c14-19-11(8-2-1-4-21-8)17-18-13(19)23-6-9-15-7-3-5-22-10(7)12(20)16-9/h1-5H,6,14H2,(H,15,16,20). The molecule has 8 nitrogen and oxygen atoms in total. The first-order chi connectivity index (χ1) is 11.2. The second-order valence-electron chi connectivity index (χ2n) is 4.59. The summed E-state index contributed by atoms with van der Waals surface area (Å²) in [5, 5.41) is 10.4. The van der Waals surface area contributed by atoms with E-state index in [0.29, 0.717) is 38.5 Å². The first-order valence-corrected chi connectivity index (χ1v) is 8.42. The maximum Gasteiger partial charge on any atom is 0.268 e. The molecule has 0 aliphatic rings. The van der Waals surface area contributed by atoms with Crippen LogP contribution >= 0.6 is 23.1 Å². The second-order valence-corrected chi connectivity index (χ2v) is 6.45. The molecule has 0 fully saturated rings. The Morgan fingerprint density at radius 1 is 1.39 bits per heavy atom. The second kappa shape index (κ2) is 5.56. The summed E-state index contributed by atoms with van der Waals surface area (Å²) in [6.45, 7) is 0. The molecular weight excluding hydrogens is 336 g/mol. The molecule has 0 amide bonds. The molecule has 0 spiro atoms. The summed E-state index contributed by atoms with van der Waals surface area (Å²) in [4.78, 5) is 19.1. The summed E-state index contributed by atoms with van der Waals surface area (Å²) >= 11 is 2.70. The predicted octanol–water partition coefficient (Wildman–Crippen LogP) is 1.84. The number of nitrogens with two attached hydrogens (primary N) is 1. The van der Waals surface area contributed by atoms with Gasteiger partial charge in [-0.3, -0.25) is 4.79 Å². The maximum absolute atomic E-state index is 11.9. The van der Waals surface area contributed by atoms with Gasteiger partial charge in [0.25, 0.3) is 5.56 Å². The van der Waals surface area contributed by atoms with Gasteiger partial charge in [-0.15, -0.1) is 21.5 Å². The molecule has 10 heteroatoms. The monoisotopic (exact) mass is 346 g/mol. The Morgan fingerprint density at radius 3 is 3.13 bits per heavy atom. The van der Waals surface area contributed by atoms with Crippen LogP contribution in [0, 0.1) is 0 Å². The van der Waals surface area contributed by atoms with Crippen LogP contribution in [-0.2, 0) is 5.75 Å². The maximum atomic E-state index is 11.9. The molecule has 0 radical (unpaired) electrons. The van der Waals surface area contributed by atoms with Crippen molar-refractivity contribution in [3.05, 3.63) is 46.0 Å². The van der Waals surface area contributed by atoms with Gasteiger partial charge in [0, 0.05) is 0 Å². The van der Waals surface area contributed by atoms with Gasteiger partial charge in [0.2, 0.25) is 11.0 Å². The number of aromatic nitrogens is 5. The quantitative estimate of drug-likeness (QED) is 0.428. The summed E-state index contributed by atoms with van der Waals surface area (Å²) in [6.07, 6.45) is 1.54. The van der Waals surface area contributed by atoms with Crippen LogP contribution in [0.5, 0.6) is 0 Å². The molecule has 4 heterocycles. The summed E-state index contributed by atoms with van der Waals surface area (Å²) in [5.41, 5.74) is 0.561. The van der Waals surface area contributed by atoms with E-state index in [0.717, 1.165) is 0 Å². The molecule has 23 heavy (non-hydrogen) atoms. The lowest BCUT2D eigenvalue weighted by Crippen LogP contribution is -2.12. The van der Waals surface area contributed by atoms with Gasteiger partial charge < -0.3 is 15.2 Å². The van der Waals surface area contributed by atoms with Crippen molar-refractivity contribution < 1.29 is 4.42 Å². The van der Waals surface area contributed by atoms with E-state index in [-0.39, 0.29) is 5.56 Å². The zero-order valence-electron chi connectivity index (χ0n) is 11.6. The molecule has 4 aromatic rings. The number of rotatable bonds is 4. The fourth-order valence-corrected chi connectivity index (χ4v) is 3.52. The summed E-state index contributed by atoms with van der Waals surface area (Å²) in [5.74, 6) is 7.95. The van der Waals surface area contributed by atoms with Crippen LogP contribution in [0.4, 0.5) is 0 Å². The van der Waals surface area contributed by atoms with Crippen LogP contribution in [-0.4, -0.2) is 24.8 Å². The number of aromatic amines is 1. The number of thiophene rings is 1. The summed E-state index contributed by atoms with van der Waals surface area (Å²) < 4.78 is 7.24. The van der Waals surface area contributed by atoms with E-state index in [1.54, 1.807) is 18.4 Å². The number of hydrogen-bond donors (Lipinski definition) is 2. The molecule has 4 aromatic heterocycles. The van der Waals surface area contributed by atoms with E-state index in [4.69, 9.17) is 10.3 Å². The van der Waals surface area contributed by atoms with Crippen molar-refractivity contribution in [2.24, 2.45) is 0 Å². The third kappa shape index (κ3) is 2.51. The van der Waals surface area contributed by atoms with Gasteiger partial charge >= 0.3 is 0 Å². The Labute approximate surface area is 137 Å².